The van der Waals surface area contributed by atoms with Gasteiger partial charge < -0.3 is 9.80 Å². The van der Waals surface area contributed by atoms with Gasteiger partial charge in [-0.3, -0.25) is 0 Å². The molecular weight excluding hydrogens is 695 g/mol. The number of benzene rings is 4. The van der Waals surface area contributed by atoms with E-state index in [9.17, 15) is 0 Å². The Balaban J connectivity index is 0.000000293. The summed E-state index contributed by atoms with van der Waals surface area (Å²) >= 11 is 22.1. The maximum atomic E-state index is 5.54. The summed E-state index contributed by atoms with van der Waals surface area (Å²) in [6.45, 7) is 12.6. The van der Waals surface area contributed by atoms with Crippen LogP contribution in [0.5, 0.6) is 0 Å². The summed E-state index contributed by atoms with van der Waals surface area (Å²) in [5.74, 6) is 0. The summed E-state index contributed by atoms with van der Waals surface area (Å²) in [6, 6.07) is 36.6. The smallest absolute Gasteiger partial charge is 0.0636 e. The summed E-state index contributed by atoms with van der Waals surface area (Å²) in [4.78, 5) is 7.57. The molecule has 226 valence electrons. The maximum absolute atomic E-state index is 5.54. The molecular formula is C36H38N2PdS4. The van der Waals surface area contributed by atoms with Crippen molar-refractivity contribution in [3.63, 3.8) is 0 Å². The Morgan fingerprint density at radius 2 is 0.628 bits per heavy atom. The van der Waals surface area contributed by atoms with E-state index in [4.69, 9.17) is 48.9 Å². The van der Waals surface area contributed by atoms with Crippen LogP contribution in [0.1, 0.15) is 49.9 Å². The van der Waals surface area contributed by atoms with Gasteiger partial charge in [0.05, 0.1) is 19.5 Å². The average Bonchev–Trinajstić information content (AvgIpc) is 3.06. The van der Waals surface area contributed by atoms with Gasteiger partial charge in [-0.2, -0.15) is 0 Å². The quantitative estimate of drug-likeness (QED) is 0.0808. The number of hydrogen-bond acceptors (Lipinski definition) is 6. The predicted octanol–water partition coefficient (Wildman–Crippen LogP) is 9.34. The molecule has 4 aromatic rings. The molecule has 0 N–H and O–H groups in total. The minimum atomic E-state index is 0. The molecule has 0 saturated heterocycles. The summed E-state index contributed by atoms with van der Waals surface area (Å²) in [5, 5.41) is 0. The minimum Gasteiger partial charge on any atom is -0.372 e. The van der Waals surface area contributed by atoms with Gasteiger partial charge in [0.15, 0.2) is 0 Å². The number of hydrogen-bond donors (Lipinski definition) is 0. The fraction of sp³-hybridized carbons (Fsp3) is 0.222. The molecule has 0 bridgehead atoms. The van der Waals surface area contributed by atoms with E-state index in [1.807, 2.05) is 60.7 Å². The van der Waals surface area contributed by atoms with Crippen molar-refractivity contribution in [1.82, 2.24) is 0 Å². The van der Waals surface area contributed by atoms with E-state index in [2.05, 4.69) is 86.0 Å². The van der Waals surface area contributed by atoms with E-state index in [-0.39, 0.29) is 20.4 Å². The zero-order valence-corrected chi connectivity index (χ0v) is 29.9. The zero-order chi connectivity index (χ0) is 30.5. The topological polar surface area (TPSA) is 6.48 Å². The van der Waals surface area contributed by atoms with Crippen molar-refractivity contribution in [2.75, 3.05) is 36.0 Å². The maximum Gasteiger partial charge on any atom is 0.0636 e. The molecule has 0 aliphatic rings. The molecule has 4 aromatic carbocycles. The first kappa shape index (κ1) is 36.7. The normalized spacial score (nSPS) is 9.95. The molecule has 7 heteroatoms. The van der Waals surface area contributed by atoms with Crippen LogP contribution in [-0.4, -0.2) is 45.6 Å². The third kappa shape index (κ3) is 10.3. The minimum absolute atomic E-state index is 0. The van der Waals surface area contributed by atoms with E-state index in [0.717, 1.165) is 67.9 Å². The van der Waals surface area contributed by atoms with Crippen LogP contribution in [0.15, 0.2) is 109 Å². The molecule has 43 heavy (non-hydrogen) atoms. The van der Waals surface area contributed by atoms with Gasteiger partial charge in [-0.05, 0) is 74.2 Å². The average molecular weight is 733 g/mol. The molecule has 0 spiro atoms. The Morgan fingerprint density at radius 3 is 0.860 bits per heavy atom. The zero-order valence-electron chi connectivity index (χ0n) is 25.1. The van der Waals surface area contributed by atoms with E-state index < -0.39 is 0 Å². The fourth-order valence-electron chi connectivity index (χ4n) is 4.53. The van der Waals surface area contributed by atoms with E-state index in [0.29, 0.717) is 0 Å². The monoisotopic (exact) mass is 732 g/mol. The van der Waals surface area contributed by atoms with Crippen LogP contribution < -0.4 is 9.80 Å². The second kappa shape index (κ2) is 19.0. The summed E-state index contributed by atoms with van der Waals surface area (Å²) in [7, 11) is 0. The molecule has 0 saturated carbocycles. The Hall–Kier alpha value is -2.50. The Kier molecular flexibility index (Phi) is 16.2. The van der Waals surface area contributed by atoms with Crippen LogP contribution in [0, 0.1) is 0 Å². The van der Waals surface area contributed by atoms with Gasteiger partial charge in [-0.25, -0.2) is 0 Å². The van der Waals surface area contributed by atoms with Crippen molar-refractivity contribution in [1.29, 1.82) is 0 Å². The van der Waals surface area contributed by atoms with Gasteiger partial charge >= 0.3 is 0 Å². The molecule has 4 rings (SSSR count). The molecule has 0 aliphatic carbocycles. The van der Waals surface area contributed by atoms with Gasteiger partial charge in [-0.1, -0.05) is 134 Å². The van der Waals surface area contributed by atoms with Crippen LogP contribution in [-0.2, 0) is 20.4 Å². The second-order valence-corrected chi connectivity index (χ2v) is 11.1. The molecule has 2 nitrogen and oxygen atoms in total. The SMILES string of the molecule is CCN(CC)c1ccc(C(=S)C(=S)c2ccccc2)cc1.CCN(CC)c1ccc(C(=S)C(=S)c2ccccc2)cc1.[Pd]. The largest absolute Gasteiger partial charge is 0.372 e. The summed E-state index contributed by atoms with van der Waals surface area (Å²) in [5.41, 5.74) is 6.47. The van der Waals surface area contributed by atoms with Crippen LogP contribution in [0.4, 0.5) is 11.4 Å². The first-order valence-electron chi connectivity index (χ1n) is 14.3. The van der Waals surface area contributed by atoms with Crippen molar-refractivity contribution in [2.24, 2.45) is 0 Å². The van der Waals surface area contributed by atoms with Crippen LogP contribution in [0.25, 0.3) is 0 Å². The van der Waals surface area contributed by atoms with E-state index in [1.54, 1.807) is 0 Å². The number of thiocarbonyl (C=S) groups is 4. The Morgan fingerprint density at radius 1 is 0.395 bits per heavy atom. The molecule has 0 amide bonds. The Bertz CT molecular complexity index is 1350. The number of rotatable bonds is 12. The van der Waals surface area contributed by atoms with Gasteiger partial charge in [0, 0.05) is 58.0 Å². The van der Waals surface area contributed by atoms with Crippen molar-refractivity contribution < 1.29 is 20.4 Å². The second-order valence-electron chi connectivity index (χ2n) is 9.49. The Labute approximate surface area is 293 Å². The summed E-state index contributed by atoms with van der Waals surface area (Å²) < 4.78 is 0. The van der Waals surface area contributed by atoms with Crippen molar-refractivity contribution >= 4 is 79.7 Å². The first-order chi connectivity index (χ1) is 20.3. The standard InChI is InChI=1S/2C18H19NS2.Pd/c2*1-3-19(4-2)16-12-10-15(11-13-16)18(21)17(20)14-8-6-5-7-9-14;/h2*5-13H,3-4H2,1-2H3;. The molecule has 0 heterocycles. The van der Waals surface area contributed by atoms with Gasteiger partial charge in [0.1, 0.15) is 0 Å². The third-order valence-corrected chi connectivity index (χ3v) is 9.02. The van der Waals surface area contributed by atoms with Gasteiger partial charge in [0.2, 0.25) is 0 Å². The van der Waals surface area contributed by atoms with E-state index in [1.165, 1.54) is 11.4 Å². The molecule has 0 atom stereocenters. The fourth-order valence-corrected chi connectivity index (χ4v) is 5.54. The van der Waals surface area contributed by atoms with E-state index >= 15 is 0 Å². The molecule has 0 aliphatic heterocycles. The van der Waals surface area contributed by atoms with Crippen LogP contribution >= 0.6 is 48.9 Å². The van der Waals surface area contributed by atoms with Crippen molar-refractivity contribution in [2.45, 2.75) is 27.7 Å². The third-order valence-electron chi connectivity index (χ3n) is 7.00. The predicted molar refractivity (Wildman–Crippen MR) is 200 cm³/mol. The van der Waals surface area contributed by atoms with Crippen molar-refractivity contribution in [3.8, 4) is 0 Å². The molecule has 0 fully saturated rings. The number of anilines is 2. The van der Waals surface area contributed by atoms with Gasteiger partial charge in [-0.15, -0.1) is 0 Å². The van der Waals surface area contributed by atoms with Gasteiger partial charge in [0.25, 0.3) is 0 Å². The molecule has 0 unspecified atom stereocenters. The molecule has 0 aromatic heterocycles. The summed E-state index contributed by atoms with van der Waals surface area (Å²) in [6.07, 6.45) is 0. The van der Waals surface area contributed by atoms with Crippen molar-refractivity contribution in [3.05, 3.63) is 131 Å². The van der Waals surface area contributed by atoms with Crippen LogP contribution in [0.3, 0.4) is 0 Å². The van der Waals surface area contributed by atoms with Crippen LogP contribution in [0.2, 0.25) is 0 Å². The number of nitrogens with zero attached hydrogens (tertiary/aromatic N) is 2. The first-order valence-corrected chi connectivity index (χ1v) is 16.0. The molecule has 0 radical (unpaired) electrons.